The van der Waals surface area contributed by atoms with E-state index in [1.807, 2.05) is 19.1 Å². The third-order valence-corrected chi connectivity index (χ3v) is 3.25. The number of hydrogen-bond donors (Lipinski definition) is 1. The number of nitrogens with two attached hydrogens (primary N) is 1. The molecule has 18 heavy (non-hydrogen) atoms. The molecule has 0 fully saturated rings. The van der Waals surface area contributed by atoms with Gasteiger partial charge < -0.3 is 10.5 Å². The topological polar surface area (TPSA) is 48.1 Å². The molecule has 5 heteroatoms. The van der Waals surface area contributed by atoms with Crippen molar-refractivity contribution in [2.45, 2.75) is 13.0 Å². The van der Waals surface area contributed by atoms with Gasteiger partial charge in [0.1, 0.15) is 5.75 Å². The molecule has 0 amide bonds. The van der Waals surface area contributed by atoms with Gasteiger partial charge in [0.25, 0.3) is 0 Å². The van der Waals surface area contributed by atoms with Crippen molar-refractivity contribution in [3.8, 4) is 11.6 Å². The Bertz CT molecular complexity index is 560. The monoisotopic (exact) mass is 326 g/mol. The minimum absolute atomic E-state index is 0.139. The first-order valence-corrected chi connectivity index (χ1v) is 6.58. The molecule has 1 atom stereocenters. The first-order chi connectivity index (χ1) is 8.58. The Morgan fingerprint density at radius 1 is 1.39 bits per heavy atom. The van der Waals surface area contributed by atoms with Crippen LogP contribution in [0.3, 0.4) is 0 Å². The molecule has 0 aliphatic carbocycles. The van der Waals surface area contributed by atoms with Crippen LogP contribution in [0.4, 0.5) is 0 Å². The number of rotatable bonds is 3. The summed E-state index contributed by atoms with van der Waals surface area (Å²) in [5.74, 6) is 1.16. The predicted molar refractivity (Wildman–Crippen MR) is 76.1 cm³/mol. The van der Waals surface area contributed by atoms with Gasteiger partial charge in [-0.1, -0.05) is 17.7 Å². The summed E-state index contributed by atoms with van der Waals surface area (Å²) >= 11 is 9.28. The van der Waals surface area contributed by atoms with Crippen LogP contribution in [-0.2, 0) is 0 Å². The predicted octanol–water partition coefficient (Wildman–Crippen LogP) is 4.31. The van der Waals surface area contributed by atoms with Crippen molar-refractivity contribution in [2.24, 2.45) is 5.73 Å². The van der Waals surface area contributed by atoms with E-state index in [9.17, 15) is 0 Å². The van der Waals surface area contributed by atoms with Crippen molar-refractivity contribution in [1.29, 1.82) is 0 Å². The van der Waals surface area contributed by atoms with Crippen molar-refractivity contribution < 1.29 is 4.74 Å². The fraction of sp³-hybridized carbons (Fsp3) is 0.154. The van der Waals surface area contributed by atoms with E-state index < -0.39 is 0 Å². The first-order valence-electron chi connectivity index (χ1n) is 5.41. The third kappa shape index (κ3) is 3.02. The molecule has 94 valence electrons. The van der Waals surface area contributed by atoms with Gasteiger partial charge in [-0.25, -0.2) is 4.98 Å². The van der Waals surface area contributed by atoms with Gasteiger partial charge in [0.05, 0.1) is 4.47 Å². The highest BCUT2D eigenvalue weighted by Gasteiger charge is 2.11. The van der Waals surface area contributed by atoms with Crippen molar-refractivity contribution in [1.82, 2.24) is 4.98 Å². The second kappa shape index (κ2) is 5.69. The SMILES string of the molecule is C[C@@H](N)c1cccnc1Oc1ccc(Cl)cc1Br. The van der Waals surface area contributed by atoms with Gasteiger partial charge >= 0.3 is 0 Å². The number of benzene rings is 1. The molecule has 0 unspecified atom stereocenters. The van der Waals surface area contributed by atoms with E-state index >= 15 is 0 Å². The molecule has 2 aromatic rings. The van der Waals surface area contributed by atoms with Crippen LogP contribution in [0.5, 0.6) is 11.6 Å². The van der Waals surface area contributed by atoms with E-state index in [0.717, 1.165) is 10.0 Å². The van der Waals surface area contributed by atoms with Crippen molar-refractivity contribution in [2.75, 3.05) is 0 Å². The Labute approximate surface area is 119 Å². The molecule has 0 saturated heterocycles. The summed E-state index contributed by atoms with van der Waals surface area (Å²) in [6.07, 6.45) is 1.67. The van der Waals surface area contributed by atoms with Gasteiger partial charge in [-0.3, -0.25) is 0 Å². The zero-order chi connectivity index (χ0) is 13.1. The molecule has 0 spiro atoms. The van der Waals surface area contributed by atoms with E-state index in [1.54, 1.807) is 24.4 Å². The summed E-state index contributed by atoms with van der Waals surface area (Å²) in [6.45, 7) is 1.89. The normalized spacial score (nSPS) is 12.2. The lowest BCUT2D eigenvalue weighted by Gasteiger charge is -2.13. The van der Waals surface area contributed by atoms with E-state index in [1.165, 1.54) is 0 Å². The average Bonchev–Trinajstić information content (AvgIpc) is 2.33. The molecule has 0 aliphatic heterocycles. The average molecular weight is 328 g/mol. The largest absolute Gasteiger partial charge is 0.437 e. The molecule has 0 radical (unpaired) electrons. The minimum Gasteiger partial charge on any atom is -0.437 e. The van der Waals surface area contributed by atoms with Gasteiger partial charge in [0.15, 0.2) is 0 Å². The molecule has 0 aliphatic rings. The molecule has 3 nitrogen and oxygen atoms in total. The molecular weight excluding hydrogens is 316 g/mol. The summed E-state index contributed by atoms with van der Waals surface area (Å²) in [5.41, 5.74) is 6.74. The van der Waals surface area contributed by atoms with Crippen LogP contribution in [0.1, 0.15) is 18.5 Å². The number of nitrogens with zero attached hydrogens (tertiary/aromatic N) is 1. The van der Waals surface area contributed by atoms with Crippen LogP contribution in [0.15, 0.2) is 41.0 Å². The second-order valence-electron chi connectivity index (χ2n) is 3.86. The maximum absolute atomic E-state index is 5.88. The van der Waals surface area contributed by atoms with E-state index in [-0.39, 0.29) is 6.04 Å². The highest BCUT2D eigenvalue weighted by Crippen LogP contribution is 2.33. The molecule has 2 N–H and O–H groups in total. The minimum atomic E-state index is -0.139. The maximum Gasteiger partial charge on any atom is 0.224 e. The van der Waals surface area contributed by atoms with Crippen LogP contribution < -0.4 is 10.5 Å². The number of halogens is 2. The second-order valence-corrected chi connectivity index (χ2v) is 5.15. The lowest BCUT2D eigenvalue weighted by molar-refractivity contribution is 0.449. The van der Waals surface area contributed by atoms with Crippen LogP contribution >= 0.6 is 27.5 Å². The van der Waals surface area contributed by atoms with Gasteiger partial charge in [-0.2, -0.15) is 0 Å². The van der Waals surface area contributed by atoms with Crippen molar-refractivity contribution in [3.05, 3.63) is 51.6 Å². The van der Waals surface area contributed by atoms with Gasteiger partial charge in [-0.15, -0.1) is 0 Å². The Morgan fingerprint density at radius 2 is 2.17 bits per heavy atom. The molecule has 0 bridgehead atoms. The lowest BCUT2D eigenvalue weighted by atomic mass is 10.1. The van der Waals surface area contributed by atoms with Gasteiger partial charge in [-0.05, 0) is 47.1 Å². The fourth-order valence-electron chi connectivity index (χ4n) is 1.50. The van der Waals surface area contributed by atoms with E-state index in [0.29, 0.717) is 16.7 Å². The lowest BCUT2D eigenvalue weighted by Crippen LogP contribution is -2.07. The summed E-state index contributed by atoms with van der Waals surface area (Å²) in [6, 6.07) is 8.91. The molecule has 2 rings (SSSR count). The van der Waals surface area contributed by atoms with Crippen molar-refractivity contribution in [3.63, 3.8) is 0 Å². The van der Waals surface area contributed by atoms with Crippen LogP contribution in [0, 0.1) is 0 Å². The van der Waals surface area contributed by atoms with Crippen molar-refractivity contribution >= 4 is 27.5 Å². The fourth-order valence-corrected chi connectivity index (χ4v) is 2.26. The van der Waals surface area contributed by atoms with Crippen LogP contribution in [0.25, 0.3) is 0 Å². The molecule has 1 heterocycles. The Hall–Kier alpha value is -1.10. The third-order valence-electron chi connectivity index (χ3n) is 2.39. The van der Waals surface area contributed by atoms with Gasteiger partial charge in [0.2, 0.25) is 5.88 Å². The standard InChI is InChI=1S/C13H12BrClN2O/c1-8(16)10-3-2-6-17-13(10)18-12-5-4-9(15)7-11(12)14/h2-8H,16H2,1H3/t8-/m1/s1. The highest BCUT2D eigenvalue weighted by atomic mass is 79.9. The van der Waals surface area contributed by atoms with E-state index in [2.05, 4.69) is 20.9 Å². The molecule has 1 aromatic carbocycles. The number of pyridine rings is 1. The van der Waals surface area contributed by atoms with Crippen LogP contribution in [0.2, 0.25) is 5.02 Å². The van der Waals surface area contributed by atoms with E-state index in [4.69, 9.17) is 22.1 Å². The summed E-state index contributed by atoms with van der Waals surface area (Å²) in [7, 11) is 0. The first kappa shape index (κ1) is 13.3. The quantitative estimate of drug-likeness (QED) is 0.914. The zero-order valence-electron chi connectivity index (χ0n) is 9.73. The number of hydrogen-bond acceptors (Lipinski definition) is 3. The van der Waals surface area contributed by atoms with Gasteiger partial charge in [0, 0.05) is 22.8 Å². The Balaban J connectivity index is 2.34. The molecule has 1 aromatic heterocycles. The van der Waals surface area contributed by atoms with Crippen LogP contribution in [-0.4, -0.2) is 4.98 Å². The number of aromatic nitrogens is 1. The zero-order valence-corrected chi connectivity index (χ0v) is 12.1. The number of ether oxygens (including phenoxy) is 1. The smallest absolute Gasteiger partial charge is 0.224 e. The summed E-state index contributed by atoms with van der Waals surface area (Å²) in [4.78, 5) is 4.20. The highest BCUT2D eigenvalue weighted by molar-refractivity contribution is 9.10. The maximum atomic E-state index is 5.88. The summed E-state index contributed by atoms with van der Waals surface area (Å²) in [5, 5.41) is 0.641. The molecule has 0 saturated carbocycles. The Kier molecular flexibility index (Phi) is 4.22. The Morgan fingerprint density at radius 3 is 2.83 bits per heavy atom. The summed E-state index contributed by atoms with van der Waals surface area (Å²) < 4.78 is 6.53. The molecular formula is C13H12BrClN2O.